The van der Waals surface area contributed by atoms with E-state index < -0.39 is 0 Å². The van der Waals surface area contributed by atoms with Crippen LogP contribution in [0.2, 0.25) is 10.0 Å². The summed E-state index contributed by atoms with van der Waals surface area (Å²) in [7, 11) is 3.57. The Bertz CT molecular complexity index is 424. The second-order valence-electron chi connectivity index (χ2n) is 4.72. The van der Waals surface area contributed by atoms with Crippen LogP contribution in [-0.4, -0.2) is 45.6 Å². The topological polar surface area (TPSA) is 39.7 Å². The summed E-state index contributed by atoms with van der Waals surface area (Å²) in [6.07, 6.45) is 0.893. The van der Waals surface area contributed by atoms with Gasteiger partial charge in [-0.15, -0.1) is 0 Å². The van der Waals surface area contributed by atoms with Gasteiger partial charge < -0.3 is 19.5 Å². The molecule has 0 radical (unpaired) electrons. The molecule has 4 nitrogen and oxygen atoms in total. The molecule has 1 aliphatic carbocycles. The minimum atomic E-state index is -0.00107. The predicted molar refractivity (Wildman–Crippen MR) is 80.0 cm³/mol. The van der Waals surface area contributed by atoms with Crippen molar-refractivity contribution in [3.8, 4) is 5.75 Å². The molecule has 20 heavy (non-hydrogen) atoms. The van der Waals surface area contributed by atoms with Gasteiger partial charge in [-0.1, -0.05) is 23.2 Å². The van der Waals surface area contributed by atoms with Crippen molar-refractivity contribution in [3.63, 3.8) is 0 Å². The van der Waals surface area contributed by atoms with Crippen LogP contribution < -0.4 is 10.1 Å². The molecule has 1 fully saturated rings. The first kappa shape index (κ1) is 15.9. The first-order valence-corrected chi connectivity index (χ1v) is 7.30. The van der Waals surface area contributed by atoms with Crippen molar-refractivity contribution < 1.29 is 14.2 Å². The lowest BCUT2D eigenvalue weighted by atomic mass is 9.85. The molecule has 3 unspecified atom stereocenters. The normalized spacial score (nSPS) is 25.3. The van der Waals surface area contributed by atoms with Gasteiger partial charge >= 0.3 is 0 Å². The van der Waals surface area contributed by atoms with E-state index in [0.717, 1.165) is 6.42 Å². The number of hydrogen-bond donors (Lipinski definition) is 1. The number of benzene rings is 1. The van der Waals surface area contributed by atoms with Crippen molar-refractivity contribution in [2.45, 2.75) is 24.7 Å². The molecule has 0 amide bonds. The predicted octanol–water partition coefficient (Wildman–Crippen LogP) is 2.76. The van der Waals surface area contributed by atoms with E-state index in [2.05, 4.69) is 5.32 Å². The Balaban J connectivity index is 1.94. The molecule has 1 aromatic rings. The number of likely N-dealkylation sites (N-methyl/N-ethyl adjacent to an activating group) is 1. The average Bonchev–Trinajstić information content (AvgIpc) is 2.38. The fourth-order valence-corrected chi connectivity index (χ4v) is 2.75. The Morgan fingerprint density at radius 3 is 2.50 bits per heavy atom. The number of methoxy groups -OCH3 is 1. The number of halogens is 2. The standard InChI is InChI=1S/C14H19Cl2NO3/c1-17-12-8-13(14(12)19-4-3-18-2)20-11-6-9(15)5-10(16)7-11/h5-7,12-14,17H,3-4,8H2,1-2H3. The van der Waals surface area contributed by atoms with E-state index in [1.54, 1.807) is 25.3 Å². The highest BCUT2D eigenvalue weighted by Crippen LogP contribution is 2.31. The number of nitrogens with one attached hydrogen (secondary N) is 1. The lowest BCUT2D eigenvalue weighted by molar-refractivity contribution is -0.114. The summed E-state index contributed by atoms with van der Waals surface area (Å²) in [4.78, 5) is 0. The molecule has 2 rings (SSSR count). The third-order valence-corrected chi connectivity index (χ3v) is 3.78. The van der Waals surface area contributed by atoms with Gasteiger partial charge in [-0.3, -0.25) is 0 Å². The van der Waals surface area contributed by atoms with Crippen LogP contribution in [0.4, 0.5) is 0 Å². The minimum Gasteiger partial charge on any atom is -0.487 e. The van der Waals surface area contributed by atoms with Crippen LogP contribution in [0.25, 0.3) is 0 Å². The Hall–Kier alpha value is -0.520. The van der Waals surface area contributed by atoms with Crippen molar-refractivity contribution in [2.75, 3.05) is 27.4 Å². The minimum absolute atomic E-state index is 0.00107. The van der Waals surface area contributed by atoms with Crippen LogP contribution in [0.5, 0.6) is 5.75 Å². The smallest absolute Gasteiger partial charge is 0.128 e. The SMILES string of the molecule is CNC1CC(Oc2cc(Cl)cc(Cl)c2)C1OCCOC. The van der Waals surface area contributed by atoms with Gasteiger partial charge in [0, 0.05) is 29.6 Å². The number of rotatable bonds is 7. The van der Waals surface area contributed by atoms with Gasteiger partial charge in [-0.05, 0) is 25.2 Å². The molecule has 0 bridgehead atoms. The van der Waals surface area contributed by atoms with Crippen molar-refractivity contribution in [1.82, 2.24) is 5.32 Å². The maximum Gasteiger partial charge on any atom is 0.128 e. The summed E-state index contributed by atoms with van der Waals surface area (Å²) in [5.74, 6) is 0.669. The molecule has 0 spiro atoms. The molecule has 1 aliphatic rings. The summed E-state index contributed by atoms with van der Waals surface area (Å²) in [5.41, 5.74) is 0. The Morgan fingerprint density at radius 1 is 1.20 bits per heavy atom. The fraction of sp³-hybridized carbons (Fsp3) is 0.571. The Labute approximate surface area is 129 Å². The quantitative estimate of drug-likeness (QED) is 0.784. The molecule has 3 atom stereocenters. The van der Waals surface area contributed by atoms with Crippen molar-refractivity contribution in [2.24, 2.45) is 0 Å². The average molecular weight is 320 g/mol. The zero-order chi connectivity index (χ0) is 14.5. The first-order valence-electron chi connectivity index (χ1n) is 6.54. The molecule has 1 aromatic carbocycles. The molecule has 6 heteroatoms. The van der Waals surface area contributed by atoms with Crippen LogP contribution in [0.15, 0.2) is 18.2 Å². The van der Waals surface area contributed by atoms with Crippen LogP contribution in [0.3, 0.4) is 0 Å². The first-order chi connectivity index (χ1) is 9.63. The highest BCUT2D eigenvalue weighted by Gasteiger charge is 2.43. The van der Waals surface area contributed by atoms with Crippen LogP contribution in [-0.2, 0) is 9.47 Å². The zero-order valence-corrected chi connectivity index (χ0v) is 13.1. The zero-order valence-electron chi connectivity index (χ0n) is 11.6. The van der Waals surface area contributed by atoms with Crippen LogP contribution in [0, 0.1) is 0 Å². The Morgan fingerprint density at radius 2 is 1.90 bits per heavy atom. The maximum atomic E-state index is 5.96. The molecule has 1 N–H and O–H groups in total. The molecule has 0 saturated heterocycles. The second kappa shape index (κ2) is 7.48. The van der Waals surface area contributed by atoms with Gasteiger partial charge in [-0.2, -0.15) is 0 Å². The monoisotopic (exact) mass is 319 g/mol. The van der Waals surface area contributed by atoms with E-state index >= 15 is 0 Å². The van der Waals surface area contributed by atoms with Crippen molar-refractivity contribution in [1.29, 1.82) is 0 Å². The highest BCUT2D eigenvalue weighted by molar-refractivity contribution is 6.34. The summed E-state index contributed by atoms with van der Waals surface area (Å²) in [5, 5.41) is 4.35. The molecule has 1 saturated carbocycles. The van der Waals surface area contributed by atoms with Crippen molar-refractivity contribution in [3.05, 3.63) is 28.2 Å². The number of hydrogen-bond acceptors (Lipinski definition) is 4. The Kier molecular flexibility index (Phi) is 5.93. The third kappa shape index (κ3) is 3.99. The van der Waals surface area contributed by atoms with Gasteiger partial charge in [0.25, 0.3) is 0 Å². The van der Waals surface area contributed by atoms with Crippen LogP contribution >= 0.6 is 23.2 Å². The molecular formula is C14H19Cl2NO3. The maximum absolute atomic E-state index is 5.96. The van der Waals surface area contributed by atoms with E-state index in [4.69, 9.17) is 37.4 Å². The molecule has 0 heterocycles. The third-order valence-electron chi connectivity index (χ3n) is 3.34. The summed E-state index contributed by atoms with van der Waals surface area (Å²) >= 11 is 11.9. The van der Waals surface area contributed by atoms with Crippen LogP contribution in [0.1, 0.15) is 6.42 Å². The van der Waals surface area contributed by atoms with Gasteiger partial charge in [-0.25, -0.2) is 0 Å². The van der Waals surface area contributed by atoms with Gasteiger partial charge in [0.2, 0.25) is 0 Å². The fourth-order valence-electron chi connectivity index (χ4n) is 2.24. The molecule has 0 aromatic heterocycles. The second-order valence-corrected chi connectivity index (χ2v) is 5.59. The molecular weight excluding hydrogens is 301 g/mol. The van der Waals surface area contributed by atoms with E-state index in [0.29, 0.717) is 35.1 Å². The summed E-state index contributed by atoms with van der Waals surface area (Å²) in [6, 6.07) is 5.49. The highest BCUT2D eigenvalue weighted by atomic mass is 35.5. The summed E-state index contributed by atoms with van der Waals surface area (Å²) < 4.78 is 16.7. The van der Waals surface area contributed by atoms with E-state index in [-0.39, 0.29) is 12.2 Å². The van der Waals surface area contributed by atoms with Gasteiger partial charge in [0.05, 0.1) is 13.2 Å². The molecule has 0 aliphatic heterocycles. The van der Waals surface area contributed by atoms with Crippen molar-refractivity contribution >= 4 is 23.2 Å². The summed E-state index contributed by atoms with van der Waals surface area (Å²) in [6.45, 7) is 1.12. The number of ether oxygens (including phenoxy) is 3. The largest absolute Gasteiger partial charge is 0.487 e. The lowest BCUT2D eigenvalue weighted by Crippen LogP contribution is -2.60. The molecule has 112 valence electrons. The van der Waals surface area contributed by atoms with E-state index in [1.807, 2.05) is 7.05 Å². The van der Waals surface area contributed by atoms with E-state index in [1.165, 1.54) is 0 Å². The lowest BCUT2D eigenvalue weighted by Gasteiger charge is -2.43. The van der Waals surface area contributed by atoms with Gasteiger partial charge in [0.15, 0.2) is 0 Å². The van der Waals surface area contributed by atoms with Gasteiger partial charge in [0.1, 0.15) is 18.0 Å². The van der Waals surface area contributed by atoms with E-state index in [9.17, 15) is 0 Å².